The van der Waals surface area contributed by atoms with E-state index in [9.17, 15) is 9.59 Å². The zero-order valence-corrected chi connectivity index (χ0v) is 16.2. The summed E-state index contributed by atoms with van der Waals surface area (Å²) in [5.74, 6) is -0.544. The van der Waals surface area contributed by atoms with E-state index in [2.05, 4.69) is 5.32 Å². The fourth-order valence-corrected chi connectivity index (χ4v) is 4.94. The van der Waals surface area contributed by atoms with Crippen LogP contribution in [-0.4, -0.2) is 19.0 Å². The predicted octanol–water partition coefficient (Wildman–Crippen LogP) is 4.65. The Kier molecular flexibility index (Phi) is 4.74. The molecule has 2 heterocycles. The molecule has 3 aromatic rings. The minimum absolute atomic E-state index is 0.164. The molecule has 1 amide bonds. The van der Waals surface area contributed by atoms with Gasteiger partial charge in [-0.15, -0.1) is 11.3 Å². The number of anilines is 1. The van der Waals surface area contributed by atoms with Gasteiger partial charge in [0.15, 0.2) is 0 Å². The van der Waals surface area contributed by atoms with Gasteiger partial charge in [-0.2, -0.15) is 0 Å². The van der Waals surface area contributed by atoms with Crippen LogP contribution >= 0.6 is 11.3 Å². The first-order valence-corrected chi connectivity index (χ1v) is 9.88. The summed E-state index contributed by atoms with van der Waals surface area (Å²) in [6.45, 7) is 2.01. The molecule has 0 bridgehead atoms. The van der Waals surface area contributed by atoms with E-state index in [1.165, 1.54) is 23.3 Å². The third-order valence-corrected chi connectivity index (χ3v) is 6.18. The minimum atomic E-state index is -0.380. The maximum absolute atomic E-state index is 12.7. The molecule has 0 fully saturated rings. The summed E-state index contributed by atoms with van der Waals surface area (Å²) in [6.07, 6.45) is 5.80. The molecular formula is C21H21NO4S. The van der Waals surface area contributed by atoms with Gasteiger partial charge in [-0.1, -0.05) is 11.6 Å². The highest BCUT2D eigenvalue weighted by molar-refractivity contribution is 7.17. The Morgan fingerprint density at radius 1 is 1.26 bits per heavy atom. The molecule has 5 nitrogen and oxygen atoms in total. The van der Waals surface area contributed by atoms with Crippen LogP contribution in [0.25, 0.3) is 11.0 Å². The second-order valence-corrected chi connectivity index (χ2v) is 8.00. The molecule has 0 spiro atoms. The number of nitrogens with one attached hydrogen (secondary N) is 1. The van der Waals surface area contributed by atoms with Gasteiger partial charge in [0.25, 0.3) is 0 Å². The lowest BCUT2D eigenvalue weighted by Crippen LogP contribution is -2.16. The first-order chi connectivity index (χ1) is 13.1. The Bertz CT molecular complexity index is 1030. The maximum atomic E-state index is 12.7. The largest absolute Gasteiger partial charge is 0.465 e. The van der Waals surface area contributed by atoms with E-state index in [1.807, 2.05) is 25.1 Å². The number of hydrogen-bond acceptors (Lipinski definition) is 5. The zero-order chi connectivity index (χ0) is 19.0. The van der Waals surface area contributed by atoms with Crippen LogP contribution in [0.2, 0.25) is 0 Å². The van der Waals surface area contributed by atoms with E-state index in [0.717, 1.165) is 53.3 Å². The molecule has 1 N–H and O–H groups in total. The monoisotopic (exact) mass is 383 g/mol. The van der Waals surface area contributed by atoms with Crippen molar-refractivity contribution < 1.29 is 18.7 Å². The number of rotatable bonds is 4. The molecule has 0 unspecified atom stereocenters. The standard InChI is InChI=1S/C21H21NO4S/c1-12-7-8-16-15(9-12)13(11-26-16)10-18(23)22-20-19(21(24)25-2)14-5-3-4-6-17(14)27-20/h7-9,11H,3-6,10H2,1-2H3,(H,22,23). The molecule has 27 heavy (non-hydrogen) atoms. The van der Waals surface area contributed by atoms with Gasteiger partial charge in [-0.3, -0.25) is 4.79 Å². The molecule has 0 saturated carbocycles. The van der Waals surface area contributed by atoms with Gasteiger partial charge >= 0.3 is 5.97 Å². The number of hydrogen-bond donors (Lipinski definition) is 1. The fourth-order valence-electron chi connectivity index (χ4n) is 3.65. The topological polar surface area (TPSA) is 68.5 Å². The minimum Gasteiger partial charge on any atom is -0.465 e. The smallest absolute Gasteiger partial charge is 0.341 e. The Hall–Kier alpha value is -2.60. The molecule has 2 aromatic heterocycles. The van der Waals surface area contributed by atoms with Crippen molar-refractivity contribution in [2.75, 3.05) is 12.4 Å². The molecule has 0 radical (unpaired) electrons. The van der Waals surface area contributed by atoms with E-state index in [0.29, 0.717) is 10.6 Å². The van der Waals surface area contributed by atoms with Gasteiger partial charge in [0.05, 0.1) is 25.4 Å². The summed E-state index contributed by atoms with van der Waals surface area (Å²) in [5, 5.41) is 4.49. The number of furan rings is 1. The van der Waals surface area contributed by atoms with E-state index in [1.54, 1.807) is 6.26 Å². The lowest BCUT2D eigenvalue weighted by atomic mass is 9.95. The second-order valence-electron chi connectivity index (χ2n) is 6.89. The van der Waals surface area contributed by atoms with Gasteiger partial charge in [0.1, 0.15) is 10.6 Å². The highest BCUT2D eigenvalue weighted by Gasteiger charge is 2.27. The van der Waals surface area contributed by atoms with Crippen LogP contribution in [0.3, 0.4) is 0 Å². The van der Waals surface area contributed by atoms with Crippen molar-refractivity contribution in [1.82, 2.24) is 0 Å². The summed E-state index contributed by atoms with van der Waals surface area (Å²) < 4.78 is 10.5. The number of amides is 1. The van der Waals surface area contributed by atoms with Crippen LogP contribution in [-0.2, 0) is 28.8 Å². The Morgan fingerprint density at radius 3 is 2.89 bits per heavy atom. The van der Waals surface area contributed by atoms with Gasteiger partial charge in [0, 0.05) is 15.8 Å². The van der Waals surface area contributed by atoms with Gasteiger partial charge in [0.2, 0.25) is 5.91 Å². The van der Waals surface area contributed by atoms with Crippen molar-refractivity contribution >= 4 is 39.2 Å². The molecule has 0 aliphatic heterocycles. The normalized spacial score (nSPS) is 13.4. The van der Waals surface area contributed by atoms with Crippen LogP contribution < -0.4 is 5.32 Å². The highest BCUT2D eigenvalue weighted by Crippen LogP contribution is 2.38. The highest BCUT2D eigenvalue weighted by atomic mass is 32.1. The summed E-state index contributed by atoms with van der Waals surface area (Å²) in [5.41, 5.74) is 4.29. The number of carbonyl (C=O) groups is 2. The summed E-state index contributed by atoms with van der Waals surface area (Å²) in [4.78, 5) is 26.2. The Balaban J connectivity index is 1.60. The average molecular weight is 383 g/mol. The molecule has 4 rings (SSSR count). The van der Waals surface area contributed by atoms with Gasteiger partial charge < -0.3 is 14.5 Å². The lowest BCUT2D eigenvalue weighted by molar-refractivity contribution is -0.115. The van der Waals surface area contributed by atoms with Crippen LogP contribution in [0.5, 0.6) is 0 Å². The van der Waals surface area contributed by atoms with Crippen LogP contribution in [0.15, 0.2) is 28.9 Å². The summed E-state index contributed by atoms with van der Waals surface area (Å²) in [7, 11) is 1.38. The third-order valence-electron chi connectivity index (χ3n) is 4.97. The zero-order valence-electron chi connectivity index (χ0n) is 15.4. The van der Waals surface area contributed by atoms with Crippen molar-refractivity contribution in [2.24, 2.45) is 0 Å². The van der Waals surface area contributed by atoms with Crippen molar-refractivity contribution in [3.05, 3.63) is 51.6 Å². The van der Waals surface area contributed by atoms with Crippen molar-refractivity contribution in [3.63, 3.8) is 0 Å². The van der Waals surface area contributed by atoms with Crippen molar-refractivity contribution in [2.45, 2.75) is 39.0 Å². The van der Waals surface area contributed by atoms with E-state index < -0.39 is 0 Å². The van der Waals surface area contributed by atoms with Gasteiger partial charge in [-0.25, -0.2) is 4.79 Å². The van der Waals surface area contributed by atoms with Crippen molar-refractivity contribution in [1.29, 1.82) is 0 Å². The Labute approximate surface area is 161 Å². The van der Waals surface area contributed by atoms with E-state index in [-0.39, 0.29) is 18.3 Å². The van der Waals surface area contributed by atoms with Crippen molar-refractivity contribution in [3.8, 4) is 0 Å². The first-order valence-electron chi connectivity index (χ1n) is 9.06. The van der Waals surface area contributed by atoms with Crippen LogP contribution in [0.4, 0.5) is 5.00 Å². The van der Waals surface area contributed by atoms with Crippen LogP contribution in [0, 0.1) is 6.92 Å². The molecular weight excluding hydrogens is 362 g/mol. The third kappa shape index (κ3) is 3.37. The number of fused-ring (bicyclic) bond motifs is 2. The maximum Gasteiger partial charge on any atom is 0.341 e. The SMILES string of the molecule is COC(=O)c1c(NC(=O)Cc2coc3ccc(C)cc23)sc2c1CCCC2. The fraction of sp³-hybridized carbons (Fsp3) is 0.333. The van der Waals surface area contributed by atoms with E-state index >= 15 is 0 Å². The number of ether oxygens (including phenoxy) is 1. The summed E-state index contributed by atoms with van der Waals surface area (Å²) in [6, 6.07) is 5.91. The number of methoxy groups -OCH3 is 1. The number of thiophene rings is 1. The molecule has 140 valence electrons. The molecule has 6 heteroatoms. The molecule has 1 aliphatic rings. The molecule has 0 atom stereocenters. The molecule has 1 aliphatic carbocycles. The average Bonchev–Trinajstić information content (AvgIpc) is 3.21. The molecule has 0 saturated heterocycles. The number of benzene rings is 1. The lowest BCUT2D eigenvalue weighted by Gasteiger charge is -2.11. The van der Waals surface area contributed by atoms with Gasteiger partial charge in [-0.05, 0) is 50.3 Å². The number of carbonyl (C=O) groups excluding carboxylic acids is 2. The quantitative estimate of drug-likeness (QED) is 0.666. The summed E-state index contributed by atoms with van der Waals surface area (Å²) >= 11 is 1.50. The second kappa shape index (κ2) is 7.19. The molecule has 1 aromatic carbocycles. The van der Waals surface area contributed by atoms with Crippen LogP contribution in [0.1, 0.15) is 44.8 Å². The van der Waals surface area contributed by atoms with E-state index in [4.69, 9.17) is 9.15 Å². The first kappa shape index (κ1) is 17.8. The number of aryl methyl sites for hydroxylation is 2. The Morgan fingerprint density at radius 2 is 2.07 bits per heavy atom. The predicted molar refractivity (Wildman–Crippen MR) is 106 cm³/mol. The number of esters is 1.